The summed E-state index contributed by atoms with van der Waals surface area (Å²) in [6, 6.07) is 15.3. The minimum atomic E-state index is -0.213. The number of aryl methyl sites for hydroxylation is 1. The zero-order chi connectivity index (χ0) is 20.9. The van der Waals surface area contributed by atoms with Gasteiger partial charge in [0.2, 0.25) is 0 Å². The van der Waals surface area contributed by atoms with Gasteiger partial charge in [0.05, 0.1) is 5.69 Å². The van der Waals surface area contributed by atoms with Crippen LogP contribution in [0.4, 0.5) is 5.69 Å². The molecule has 30 heavy (non-hydrogen) atoms. The summed E-state index contributed by atoms with van der Waals surface area (Å²) in [5, 5.41) is 9.83. The molecule has 0 fully saturated rings. The molecule has 1 aliphatic carbocycles. The summed E-state index contributed by atoms with van der Waals surface area (Å²) in [4.78, 5) is 24.4. The fourth-order valence-corrected chi connectivity index (χ4v) is 3.88. The van der Waals surface area contributed by atoms with Crippen LogP contribution in [0, 0.1) is 6.92 Å². The van der Waals surface area contributed by atoms with Gasteiger partial charge in [0.1, 0.15) is 5.75 Å². The first kappa shape index (κ1) is 19.9. The van der Waals surface area contributed by atoms with E-state index in [1.165, 1.54) is 0 Å². The first-order valence-corrected chi connectivity index (χ1v) is 10.3. The number of ether oxygens (including phenoxy) is 1. The molecule has 0 spiro atoms. The molecule has 0 radical (unpaired) electrons. The molecule has 1 heterocycles. The number of nitrogens with zero attached hydrogens (tertiary/aromatic N) is 1. The second-order valence-corrected chi connectivity index (χ2v) is 7.64. The van der Waals surface area contributed by atoms with E-state index in [-0.39, 0.29) is 18.1 Å². The number of aromatic nitrogens is 2. The van der Waals surface area contributed by atoms with Gasteiger partial charge in [-0.2, -0.15) is 5.10 Å². The fourth-order valence-electron chi connectivity index (χ4n) is 3.88. The second-order valence-electron chi connectivity index (χ2n) is 7.64. The van der Waals surface area contributed by atoms with Crippen LogP contribution >= 0.6 is 0 Å². The molecule has 6 heteroatoms. The Labute approximate surface area is 175 Å². The molecule has 1 aromatic heterocycles. The maximum Gasteiger partial charge on any atom is 0.267 e. The number of amides is 1. The molecule has 1 amide bonds. The van der Waals surface area contributed by atoms with Crippen molar-refractivity contribution < 1.29 is 9.53 Å². The van der Waals surface area contributed by atoms with Crippen molar-refractivity contribution in [3.05, 3.63) is 86.8 Å². The van der Waals surface area contributed by atoms with Gasteiger partial charge < -0.3 is 10.1 Å². The van der Waals surface area contributed by atoms with E-state index in [2.05, 4.69) is 15.5 Å². The van der Waals surface area contributed by atoms with Crippen LogP contribution in [-0.2, 0) is 24.1 Å². The van der Waals surface area contributed by atoms with Crippen molar-refractivity contribution in [3.63, 3.8) is 0 Å². The quantitative estimate of drug-likeness (QED) is 0.659. The maximum atomic E-state index is 12.3. The van der Waals surface area contributed by atoms with Gasteiger partial charge in [0.25, 0.3) is 11.5 Å². The summed E-state index contributed by atoms with van der Waals surface area (Å²) in [6.45, 7) is 1.89. The number of fused-ring (bicyclic) bond motifs is 1. The van der Waals surface area contributed by atoms with Crippen molar-refractivity contribution in [2.24, 2.45) is 0 Å². The van der Waals surface area contributed by atoms with Gasteiger partial charge in [0, 0.05) is 17.7 Å². The highest BCUT2D eigenvalue weighted by Crippen LogP contribution is 2.23. The van der Waals surface area contributed by atoms with Crippen LogP contribution in [0.15, 0.2) is 53.3 Å². The van der Waals surface area contributed by atoms with Gasteiger partial charge in [-0.1, -0.05) is 30.3 Å². The average molecular weight is 403 g/mol. The minimum Gasteiger partial charge on any atom is -0.483 e. The Kier molecular flexibility index (Phi) is 5.93. The molecule has 0 unspecified atom stereocenters. The Bertz CT molecular complexity index is 1120. The summed E-state index contributed by atoms with van der Waals surface area (Å²) in [7, 11) is 0. The molecule has 2 N–H and O–H groups in total. The summed E-state index contributed by atoms with van der Waals surface area (Å²) in [6.07, 6.45) is 4.46. The van der Waals surface area contributed by atoms with E-state index >= 15 is 0 Å². The average Bonchev–Trinajstić information content (AvgIpc) is 2.76. The van der Waals surface area contributed by atoms with E-state index in [1.54, 1.807) is 0 Å². The molecule has 0 atom stereocenters. The summed E-state index contributed by atoms with van der Waals surface area (Å²) >= 11 is 0. The van der Waals surface area contributed by atoms with Crippen molar-refractivity contribution >= 4 is 11.6 Å². The lowest BCUT2D eigenvalue weighted by molar-refractivity contribution is -0.118. The summed E-state index contributed by atoms with van der Waals surface area (Å²) in [5.74, 6) is 0.491. The Morgan fingerprint density at radius 2 is 1.90 bits per heavy atom. The highest BCUT2D eigenvalue weighted by molar-refractivity contribution is 5.92. The number of benzene rings is 2. The summed E-state index contributed by atoms with van der Waals surface area (Å²) in [5.41, 5.74) is 5.54. The summed E-state index contributed by atoms with van der Waals surface area (Å²) < 4.78 is 5.61. The molecule has 6 nitrogen and oxygen atoms in total. The van der Waals surface area contributed by atoms with Crippen LogP contribution in [-0.4, -0.2) is 22.7 Å². The number of para-hydroxylation sites is 1. The van der Waals surface area contributed by atoms with Crippen LogP contribution in [0.2, 0.25) is 0 Å². The third-order valence-corrected chi connectivity index (χ3v) is 5.42. The largest absolute Gasteiger partial charge is 0.483 e. The van der Waals surface area contributed by atoms with Crippen LogP contribution in [0.25, 0.3) is 0 Å². The van der Waals surface area contributed by atoms with Gasteiger partial charge >= 0.3 is 0 Å². The third kappa shape index (κ3) is 4.59. The molecule has 0 aliphatic heterocycles. The molecular weight excluding hydrogens is 378 g/mol. The van der Waals surface area contributed by atoms with Gasteiger partial charge in [-0.05, 0) is 67.5 Å². The van der Waals surface area contributed by atoms with E-state index < -0.39 is 0 Å². The highest BCUT2D eigenvalue weighted by atomic mass is 16.5. The number of nitrogens with one attached hydrogen (secondary N) is 2. The van der Waals surface area contributed by atoms with Crippen LogP contribution in [0.5, 0.6) is 5.75 Å². The van der Waals surface area contributed by atoms with Crippen LogP contribution in [0.3, 0.4) is 0 Å². The van der Waals surface area contributed by atoms with E-state index in [9.17, 15) is 9.59 Å². The smallest absolute Gasteiger partial charge is 0.267 e. The lowest BCUT2D eigenvalue weighted by Gasteiger charge is -2.17. The number of hydrogen-bond acceptors (Lipinski definition) is 4. The zero-order valence-corrected chi connectivity index (χ0v) is 17.0. The lowest BCUT2D eigenvalue weighted by Crippen LogP contribution is -2.23. The Hall–Kier alpha value is -3.41. The molecule has 0 bridgehead atoms. The maximum absolute atomic E-state index is 12.3. The zero-order valence-electron chi connectivity index (χ0n) is 17.0. The van der Waals surface area contributed by atoms with Gasteiger partial charge in [-0.25, -0.2) is 5.10 Å². The van der Waals surface area contributed by atoms with Gasteiger partial charge in [0.15, 0.2) is 6.61 Å². The normalized spacial score (nSPS) is 12.8. The van der Waals surface area contributed by atoms with E-state index in [4.69, 9.17) is 4.74 Å². The molecule has 1 aliphatic rings. The molecular formula is C24H25N3O3. The first-order chi connectivity index (χ1) is 14.6. The Morgan fingerprint density at radius 1 is 1.10 bits per heavy atom. The second kappa shape index (κ2) is 8.95. The number of carbonyl (C=O) groups excluding carboxylic acids is 1. The highest BCUT2D eigenvalue weighted by Gasteiger charge is 2.18. The van der Waals surface area contributed by atoms with Crippen molar-refractivity contribution in [1.82, 2.24) is 10.2 Å². The third-order valence-electron chi connectivity index (χ3n) is 5.42. The first-order valence-electron chi connectivity index (χ1n) is 10.3. The van der Waals surface area contributed by atoms with Crippen LogP contribution < -0.4 is 15.6 Å². The van der Waals surface area contributed by atoms with E-state index in [1.807, 2.05) is 55.5 Å². The van der Waals surface area contributed by atoms with Crippen molar-refractivity contribution in [1.29, 1.82) is 0 Å². The van der Waals surface area contributed by atoms with Crippen LogP contribution in [0.1, 0.15) is 40.8 Å². The van der Waals surface area contributed by atoms with Crippen molar-refractivity contribution in [3.8, 4) is 5.75 Å². The minimum absolute atomic E-state index is 0.0515. The number of H-pyrrole nitrogens is 1. The lowest BCUT2D eigenvalue weighted by atomic mass is 9.90. The van der Waals surface area contributed by atoms with Crippen molar-refractivity contribution in [2.45, 2.75) is 39.0 Å². The molecule has 154 valence electrons. The molecule has 0 saturated heterocycles. The number of aromatic amines is 1. The van der Waals surface area contributed by atoms with Gasteiger partial charge in [-0.15, -0.1) is 0 Å². The predicted molar refractivity (Wildman–Crippen MR) is 116 cm³/mol. The molecule has 2 aromatic carbocycles. The Balaban J connectivity index is 1.43. The Morgan fingerprint density at radius 3 is 2.73 bits per heavy atom. The van der Waals surface area contributed by atoms with Crippen molar-refractivity contribution in [2.75, 3.05) is 11.9 Å². The number of carbonyl (C=O) groups is 1. The standard InChI is InChI=1S/C24H25N3O3/c1-16-7-2-5-12-22(16)30-15-23(28)25-18-9-6-8-17(13-18)14-21-19-10-3-4-11-20(19)24(29)27-26-21/h2,5-9,12-13H,3-4,10-11,14-15H2,1H3,(H,25,28)(H,27,29). The number of anilines is 1. The van der Waals surface area contributed by atoms with E-state index in [0.717, 1.165) is 53.6 Å². The van der Waals surface area contributed by atoms with Gasteiger partial charge in [-0.3, -0.25) is 9.59 Å². The molecule has 4 rings (SSSR count). The fraction of sp³-hybridized carbons (Fsp3) is 0.292. The number of rotatable bonds is 6. The number of hydrogen-bond donors (Lipinski definition) is 2. The van der Waals surface area contributed by atoms with E-state index in [0.29, 0.717) is 17.9 Å². The molecule has 0 saturated carbocycles. The molecule has 3 aromatic rings. The predicted octanol–water partition coefficient (Wildman–Crippen LogP) is 3.57. The topological polar surface area (TPSA) is 84.1 Å². The monoisotopic (exact) mass is 403 g/mol. The SMILES string of the molecule is Cc1ccccc1OCC(=O)Nc1cccc(Cc2n[nH]c(=O)c3c2CCCC3)c1.